The average Bonchev–Trinajstić information content (AvgIpc) is 3.46. The van der Waals surface area contributed by atoms with Crippen molar-refractivity contribution in [3.8, 4) is 0 Å². The summed E-state index contributed by atoms with van der Waals surface area (Å²) in [7, 11) is 0. The van der Waals surface area contributed by atoms with Crippen molar-refractivity contribution in [2.45, 2.75) is 166 Å². The van der Waals surface area contributed by atoms with E-state index >= 15 is 0 Å². The van der Waals surface area contributed by atoms with Crippen LogP contribution in [0.5, 0.6) is 0 Å². The van der Waals surface area contributed by atoms with E-state index in [0.29, 0.717) is 23.8 Å². The fraction of sp³-hybridized carbons (Fsp3) is 0.846. The molecule has 0 bridgehead atoms. The van der Waals surface area contributed by atoms with Crippen LogP contribution in [0.15, 0.2) is 35.5 Å². The fourth-order valence-electron chi connectivity index (χ4n) is 9.67. The Balaban J connectivity index is 1.23. The predicted octanol–water partition coefficient (Wildman–Crippen LogP) is 2.24. The Kier molecular flexibility index (Phi) is 14.0. The lowest BCUT2D eigenvalue weighted by molar-refractivity contribution is -0.363. The maximum atomic E-state index is 11.1. The number of fused-ring (bicyclic) bond motifs is 1. The maximum absolute atomic E-state index is 11.1. The largest absolute Gasteiger partial charge is 0.394 e. The van der Waals surface area contributed by atoms with Crippen molar-refractivity contribution in [1.29, 1.82) is 0 Å². The molecular weight excluding hydrogens is 660 g/mol. The summed E-state index contributed by atoms with van der Waals surface area (Å²) in [6, 6.07) is 0. The molecule has 12 nitrogen and oxygen atoms in total. The van der Waals surface area contributed by atoms with Crippen LogP contribution in [0.4, 0.5) is 0 Å². The molecule has 5 aliphatic rings. The monoisotopic (exact) mass is 724 g/mol. The molecule has 3 saturated carbocycles. The lowest BCUT2D eigenvalue weighted by atomic mass is 9.60. The molecule has 0 spiro atoms. The molecule has 8 N–H and O–H groups in total. The van der Waals surface area contributed by atoms with Crippen LogP contribution in [-0.4, -0.2) is 128 Å². The highest BCUT2D eigenvalue weighted by atomic mass is 16.7. The smallest absolute Gasteiger partial charge is 0.187 e. The first-order chi connectivity index (χ1) is 24.2. The van der Waals surface area contributed by atoms with Gasteiger partial charge in [0.15, 0.2) is 12.6 Å². The molecule has 0 aromatic heterocycles. The third-order valence-electron chi connectivity index (χ3n) is 12.7. The van der Waals surface area contributed by atoms with Crippen LogP contribution in [-0.2, 0) is 18.9 Å². The van der Waals surface area contributed by atoms with Gasteiger partial charge in [0, 0.05) is 6.42 Å². The number of aliphatic hydroxyl groups excluding tert-OH is 8. The van der Waals surface area contributed by atoms with Crippen LogP contribution >= 0.6 is 0 Å². The third-order valence-corrected chi connectivity index (χ3v) is 12.7. The zero-order chi connectivity index (χ0) is 37.2. The maximum Gasteiger partial charge on any atom is 0.187 e. The molecule has 51 heavy (non-hydrogen) atoms. The van der Waals surface area contributed by atoms with Gasteiger partial charge in [0.25, 0.3) is 0 Å². The average molecular weight is 725 g/mol. The second-order valence-electron chi connectivity index (χ2n) is 16.6. The first kappa shape index (κ1) is 40.9. The summed E-state index contributed by atoms with van der Waals surface area (Å²) in [6.45, 7) is 12.4. The van der Waals surface area contributed by atoms with Gasteiger partial charge in [0.05, 0.1) is 25.4 Å². The predicted molar refractivity (Wildman–Crippen MR) is 188 cm³/mol. The molecule has 16 atom stereocenters. The van der Waals surface area contributed by atoms with Crippen molar-refractivity contribution in [1.82, 2.24) is 0 Å². The van der Waals surface area contributed by atoms with Crippen LogP contribution in [0.25, 0.3) is 0 Å². The molecule has 0 amide bonds. The number of aliphatic hydroxyl groups is 8. The van der Waals surface area contributed by atoms with Crippen molar-refractivity contribution >= 4 is 0 Å². The van der Waals surface area contributed by atoms with Crippen LogP contribution in [0.2, 0.25) is 0 Å². The molecule has 0 aromatic carbocycles. The van der Waals surface area contributed by atoms with Gasteiger partial charge in [-0.3, -0.25) is 0 Å². The van der Waals surface area contributed by atoms with Gasteiger partial charge in [0.2, 0.25) is 0 Å². The Morgan fingerprint density at radius 3 is 2.20 bits per heavy atom. The van der Waals surface area contributed by atoms with Gasteiger partial charge in [-0.15, -0.1) is 0 Å². The highest BCUT2D eigenvalue weighted by molar-refractivity contribution is 5.39. The molecular formula is C39H64O12. The fourth-order valence-corrected chi connectivity index (χ4v) is 9.67. The third kappa shape index (κ3) is 8.84. The van der Waals surface area contributed by atoms with E-state index in [1.165, 1.54) is 50.5 Å². The van der Waals surface area contributed by atoms with Crippen LogP contribution in [0.1, 0.15) is 91.9 Å². The standard InChI is InChI=1S/C39H64O12/c1-20(2)8-6-9-21(3)26-13-14-27-23(10-7-15-39(26,27)5)11-12-24-16-25(17-28(42)22(24)4)48-37-35(47)33(45)36(30(19-41)50-37)51-38-34(46)32(44)31(43)29(18-40)49-38/h11-12,20-21,25-38,40-47H,4,6-10,13-19H2,1-3,5H3/b23-11+,24-12-/t21-,25-,26-,27+,28+,29-,30-,31-,32+,33-,34-,35-,36-,37-,38+,39-/m1/s1. The number of ether oxygens (including phenoxy) is 4. The van der Waals surface area contributed by atoms with Crippen molar-refractivity contribution in [3.05, 3.63) is 35.5 Å². The first-order valence-electron chi connectivity index (χ1n) is 19.2. The normalized spacial score (nSPS) is 45.8. The van der Waals surface area contributed by atoms with Gasteiger partial charge in [-0.05, 0) is 78.8 Å². The molecule has 5 rings (SSSR count). The zero-order valence-corrected chi connectivity index (χ0v) is 30.8. The lowest BCUT2D eigenvalue weighted by Crippen LogP contribution is -2.65. The molecule has 5 fully saturated rings. The molecule has 12 heteroatoms. The molecule has 2 saturated heterocycles. The quantitative estimate of drug-likeness (QED) is 0.146. The van der Waals surface area contributed by atoms with Crippen molar-refractivity contribution < 1.29 is 59.8 Å². The topological polar surface area (TPSA) is 199 Å². The SMILES string of the molecule is C=C1/C(=C\C=C2/CCC[C@]3(C)[C@@H]([C@H](C)CCCC(C)C)CC[C@@H]23)C[C@@H](O[C@@H]2O[C@H](CO)[C@@H](O[C@@H]3O[C@H](CO)[C@@H](O)[C@H](O)[C@H]3O)[C@H](O)[C@H]2O)C[C@@H]1O. The zero-order valence-electron chi connectivity index (χ0n) is 30.8. The summed E-state index contributed by atoms with van der Waals surface area (Å²) in [6.07, 6.45) is -2.09. The van der Waals surface area contributed by atoms with Crippen molar-refractivity contribution in [3.63, 3.8) is 0 Å². The van der Waals surface area contributed by atoms with Crippen LogP contribution in [0, 0.1) is 29.1 Å². The Morgan fingerprint density at radius 1 is 0.843 bits per heavy atom. The highest BCUT2D eigenvalue weighted by Gasteiger charge is 2.52. The second kappa shape index (κ2) is 17.5. The van der Waals surface area contributed by atoms with E-state index in [1.807, 2.05) is 0 Å². The first-order valence-corrected chi connectivity index (χ1v) is 19.2. The van der Waals surface area contributed by atoms with E-state index in [1.54, 1.807) is 0 Å². The second-order valence-corrected chi connectivity index (χ2v) is 16.6. The minimum absolute atomic E-state index is 0.196. The van der Waals surface area contributed by atoms with E-state index in [9.17, 15) is 40.9 Å². The van der Waals surface area contributed by atoms with Crippen LogP contribution < -0.4 is 0 Å². The van der Waals surface area contributed by atoms with E-state index in [-0.39, 0.29) is 11.8 Å². The Morgan fingerprint density at radius 2 is 1.51 bits per heavy atom. The summed E-state index contributed by atoms with van der Waals surface area (Å²) in [5.41, 5.74) is 3.23. The molecule has 292 valence electrons. The van der Waals surface area contributed by atoms with E-state index in [2.05, 4.69) is 46.4 Å². The van der Waals surface area contributed by atoms with Gasteiger partial charge in [-0.2, -0.15) is 0 Å². The molecule has 2 aliphatic heterocycles. The van der Waals surface area contributed by atoms with Gasteiger partial charge in [0.1, 0.15) is 48.8 Å². The summed E-state index contributed by atoms with van der Waals surface area (Å²) < 4.78 is 23.0. The molecule has 0 radical (unpaired) electrons. The van der Waals surface area contributed by atoms with E-state index < -0.39 is 86.8 Å². The Labute approximate surface area is 302 Å². The number of hydrogen-bond acceptors (Lipinski definition) is 12. The lowest BCUT2D eigenvalue weighted by Gasteiger charge is -2.46. The van der Waals surface area contributed by atoms with Gasteiger partial charge in [-0.1, -0.05) is 71.3 Å². The molecule has 2 heterocycles. The van der Waals surface area contributed by atoms with Gasteiger partial charge in [-0.25, -0.2) is 0 Å². The van der Waals surface area contributed by atoms with E-state index in [0.717, 1.165) is 23.8 Å². The van der Waals surface area contributed by atoms with Gasteiger partial charge >= 0.3 is 0 Å². The summed E-state index contributed by atoms with van der Waals surface area (Å²) in [5.74, 6) is 2.70. The van der Waals surface area contributed by atoms with Gasteiger partial charge < -0.3 is 59.8 Å². The van der Waals surface area contributed by atoms with E-state index in [4.69, 9.17) is 18.9 Å². The Bertz CT molecular complexity index is 1220. The molecule has 3 aliphatic carbocycles. The molecule has 0 unspecified atom stereocenters. The minimum Gasteiger partial charge on any atom is -0.394 e. The Hall–Kier alpha value is -1.26. The highest BCUT2D eigenvalue weighted by Crippen LogP contribution is 2.60. The summed E-state index contributed by atoms with van der Waals surface area (Å²) in [5, 5.41) is 83.3. The molecule has 0 aromatic rings. The number of rotatable bonds is 12. The summed E-state index contributed by atoms with van der Waals surface area (Å²) >= 11 is 0. The van der Waals surface area contributed by atoms with Crippen LogP contribution in [0.3, 0.4) is 0 Å². The minimum atomic E-state index is -1.75. The number of allylic oxidation sites excluding steroid dienone is 3. The number of hydrogen-bond donors (Lipinski definition) is 8. The van der Waals surface area contributed by atoms with Crippen molar-refractivity contribution in [2.75, 3.05) is 13.2 Å². The summed E-state index contributed by atoms with van der Waals surface area (Å²) in [4.78, 5) is 0. The van der Waals surface area contributed by atoms with Crippen molar-refractivity contribution in [2.24, 2.45) is 29.1 Å².